The van der Waals surface area contributed by atoms with E-state index >= 15 is 0 Å². The van der Waals surface area contributed by atoms with E-state index in [9.17, 15) is 0 Å². The quantitative estimate of drug-likeness (QED) is 0.429. The van der Waals surface area contributed by atoms with Crippen molar-refractivity contribution in [1.29, 1.82) is 0 Å². The second-order valence-corrected chi connectivity index (χ2v) is 7.41. The van der Waals surface area contributed by atoms with Crippen molar-refractivity contribution in [2.75, 3.05) is 25.1 Å². The van der Waals surface area contributed by atoms with Crippen molar-refractivity contribution in [3.8, 4) is 11.5 Å². The average Bonchev–Trinajstić information content (AvgIpc) is 2.65. The highest BCUT2D eigenvalue weighted by Gasteiger charge is 2.08. The first-order valence-electron chi connectivity index (χ1n) is 10.3. The summed E-state index contributed by atoms with van der Waals surface area (Å²) in [5.74, 6) is 2.38. The van der Waals surface area contributed by atoms with Crippen LogP contribution in [0, 0.1) is 6.92 Å². The maximum Gasteiger partial charge on any atom is 0.123 e. The summed E-state index contributed by atoms with van der Waals surface area (Å²) in [6, 6.07) is 14.6. The summed E-state index contributed by atoms with van der Waals surface area (Å²) < 4.78 is 11.9. The topological polar surface area (TPSA) is 30.5 Å². The Morgan fingerprint density at radius 2 is 1.78 bits per heavy atom. The van der Waals surface area contributed by atoms with Crippen LogP contribution in [0.15, 0.2) is 42.5 Å². The second-order valence-electron chi connectivity index (χ2n) is 7.41. The molecule has 0 bridgehead atoms. The van der Waals surface area contributed by atoms with E-state index in [1.807, 2.05) is 12.1 Å². The van der Waals surface area contributed by atoms with Crippen molar-refractivity contribution >= 4 is 5.69 Å². The van der Waals surface area contributed by atoms with Crippen LogP contribution >= 0.6 is 0 Å². The Balaban J connectivity index is 1.77. The third-order valence-corrected chi connectivity index (χ3v) is 4.58. The van der Waals surface area contributed by atoms with Gasteiger partial charge < -0.3 is 14.8 Å². The molecular formula is C24H35NO2. The molecule has 0 fully saturated rings. The summed E-state index contributed by atoms with van der Waals surface area (Å²) in [5, 5.41) is 3.42. The summed E-state index contributed by atoms with van der Waals surface area (Å²) in [6.45, 7) is 10.9. The van der Waals surface area contributed by atoms with Gasteiger partial charge in [-0.05, 0) is 48.6 Å². The number of hydrogen-bond acceptors (Lipinski definition) is 3. The highest BCUT2D eigenvalue weighted by molar-refractivity contribution is 5.48. The molecule has 0 heterocycles. The van der Waals surface area contributed by atoms with Crippen LogP contribution in [-0.4, -0.2) is 19.8 Å². The van der Waals surface area contributed by atoms with Crippen LogP contribution < -0.4 is 14.8 Å². The number of rotatable bonds is 12. The van der Waals surface area contributed by atoms with Crippen molar-refractivity contribution in [3.63, 3.8) is 0 Å². The molecule has 1 N–H and O–H groups in total. The molecule has 0 aliphatic carbocycles. The van der Waals surface area contributed by atoms with E-state index < -0.39 is 0 Å². The number of hydrogen-bond donors (Lipinski definition) is 1. The highest BCUT2D eigenvalue weighted by atomic mass is 16.5. The summed E-state index contributed by atoms with van der Waals surface area (Å²) in [4.78, 5) is 0. The minimum absolute atomic E-state index is 0.458. The second kappa shape index (κ2) is 11.5. The third-order valence-electron chi connectivity index (χ3n) is 4.58. The Morgan fingerprint density at radius 3 is 2.56 bits per heavy atom. The average molecular weight is 370 g/mol. The van der Waals surface area contributed by atoms with Crippen LogP contribution in [0.5, 0.6) is 11.5 Å². The van der Waals surface area contributed by atoms with Gasteiger partial charge in [-0.2, -0.15) is 0 Å². The van der Waals surface area contributed by atoms with Gasteiger partial charge in [0.1, 0.15) is 18.1 Å². The first-order chi connectivity index (χ1) is 13.1. The lowest BCUT2D eigenvalue weighted by Gasteiger charge is -2.15. The van der Waals surface area contributed by atoms with Crippen molar-refractivity contribution < 1.29 is 9.47 Å². The molecule has 0 radical (unpaired) electrons. The maximum atomic E-state index is 6.04. The summed E-state index contributed by atoms with van der Waals surface area (Å²) in [5.41, 5.74) is 3.56. The fraction of sp³-hybridized carbons (Fsp3) is 0.500. The summed E-state index contributed by atoms with van der Waals surface area (Å²) in [6.07, 6.45) is 4.89. The molecule has 3 nitrogen and oxygen atoms in total. The lowest BCUT2D eigenvalue weighted by atomic mass is 10.0. The number of aryl methyl sites for hydroxylation is 1. The van der Waals surface area contributed by atoms with Crippen LogP contribution in [0.1, 0.15) is 63.5 Å². The van der Waals surface area contributed by atoms with E-state index in [0.29, 0.717) is 12.5 Å². The van der Waals surface area contributed by atoms with Gasteiger partial charge in [-0.1, -0.05) is 58.2 Å². The molecule has 0 unspecified atom stereocenters. The molecule has 2 aromatic rings. The van der Waals surface area contributed by atoms with Gasteiger partial charge in [-0.3, -0.25) is 0 Å². The van der Waals surface area contributed by atoms with E-state index in [0.717, 1.165) is 36.8 Å². The predicted molar refractivity (Wildman–Crippen MR) is 115 cm³/mol. The van der Waals surface area contributed by atoms with Gasteiger partial charge in [0.2, 0.25) is 0 Å². The maximum absolute atomic E-state index is 6.04. The van der Waals surface area contributed by atoms with Gasteiger partial charge in [-0.25, -0.2) is 0 Å². The Kier molecular flexibility index (Phi) is 9.03. The van der Waals surface area contributed by atoms with Crippen LogP contribution in [0.2, 0.25) is 0 Å². The van der Waals surface area contributed by atoms with E-state index in [-0.39, 0.29) is 0 Å². The lowest BCUT2D eigenvalue weighted by Crippen LogP contribution is -2.12. The molecule has 0 spiro atoms. The molecule has 0 aromatic heterocycles. The van der Waals surface area contributed by atoms with Crippen LogP contribution in [-0.2, 0) is 0 Å². The minimum Gasteiger partial charge on any atom is -0.494 e. The Hall–Kier alpha value is -2.16. The normalized spacial score (nSPS) is 10.9. The van der Waals surface area contributed by atoms with Crippen LogP contribution in [0.25, 0.3) is 0 Å². The van der Waals surface area contributed by atoms with E-state index in [1.165, 1.54) is 30.4 Å². The standard InChI is InChI=1S/C24H35NO2/c1-5-6-7-8-15-26-22-11-9-10-21(18-22)25-14-16-27-24-17-20(4)12-13-23(24)19(2)3/h9-13,17-19,25H,5-8,14-16H2,1-4H3. The molecule has 2 aromatic carbocycles. The Bertz CT molecular complexity index is 682. The van der Waals surface area contributed by atoms with Crippen molar-refractivity contribution in [3.05, 3.63) is 53.6 Å². The molecule has 27 heavy (non-hydrogen) atoms. The Morgan fingerprint density at radius 1 is 0.926 bits per heavy atom. The highest BCUT2D eigenvalue weighted by Crippen LogP contribution is 2.27. The first-order valence-corrected chi connectivity index (χ1v) is 10.3. The molecule has 2 rings (SSSR count). The van der Waals surface area contributed by atoms with Crippen LogP contribution in [0.3, 0.4) is 0 Å². The predicted octanol–water partition coefficient (Wildman–Crippen LogP) is 6.57. The molecule has 0 saturated heterocycles. The number of anilines is 1. The fourth-order valence-corrected chi connectivity index (χ4v) is 3.01. The number of nitrogens with one attached hydrogen (secondary N) is 1. The molecule has 148 valence electrons. The minimum atomic E-state index is 0.458. The van der Waals surface area contributed by atoms with Crippen molar-refractivity contribution in [2.45, 2.75) is 59.3 Å². The molecule has 3 heteroatoms. The van der Waals surface area contributed by atoms with E-state index in [1.54, 1.807) is 0 Å². The monoisotopic (exact) mass is 369 g/mol. The number of ether oxygens (including phenoxy) is 2. The molecule has 0 saturated carbocycles. The number of benzene rings is 2. The van der Waals surface area contributed by atoms with E-state index in [2.05, 4.69) is 63.3 Å². The van der Waals surface area contributed by atoms with Gasteiger partial charge in [-0.15, -0.1) is 0 Å². The van der Waals surface area contributed by atoms with Gasteiger partial charge >= 0.3 is 0 Å². The molecular weight excluding hydrogens is 334 g/mol. The Labute approximate surface area is 165 Å². The zero-order valence-corrected chi connectivity index (χ0v) is 17.4. The molecule has 0 aliphatic rings. The first kappa shape index (κ1) is 21.1. The van der Waals surface area contributed by atoms with Gasteiger partial charge in [0.05, 0.1) is 6.61 Å². The molecule has 0 atom stereocenters. The smallest absolute Gasteiger partial charge is 0.123 e. The van der Waals surface area contributed by atoms with Gasteiger partial charge in [0.25, 0.3) is 0 Å². The van der Waals surface area contributed by atoms with Gasteiger partial charge in [0.15, 0.2) is 0 Å². The van der Waals surface area contributed by atoms with Crippen molar-refractivity contribution in [1.82, 2.24) is 0 Å². The fourth-order valence-electron chi connectivity index (χ4n) is 3.01. The molecule has 0 amide bonds. The zero-order chi connectivity index (χ0) is 19.5. The zero-order valence-electron chi connectivity index (χ0n) is 17.4. The summed E-state index contributed by atoms with van der Waals surface area (Å²) in [7, 11) is 0. The van der Waals surface area contributed by atoms with E-state index in [4.69, 9.17) is 9.47 Å². The molecule has 0 aliphatic heterocycles. The third kappa shape index (κ3) is 7.54. The van der Waals surface area contributed by atoms with Crippen LogP contribution in [0.4, 0.5) is 5.69 Å². The van der Waals surface area contributed by atoms with Gasteiger partial charge in [0, 0.05) is 18.3 Å². The summed E-state index contributed by atoms with van der Waals surface area (Å²) >= 11 is 0. The SMILES string of the molecule is CCCCCCOc1cccc(NCCOc2cc(C)ccc2C(C)C)c1. The number of unbranched alkanes of at least 4 members (excludes halogenated alkanes) is 3. The lowest BCUT2D eigenvalue weighted by molar-refractivity contribution is 0.305. The largest absolute Gasteiger partial charge is 0.494 e. The van der Waals surface area contributed by atoms with Crippen molar-refractivity contribution in [2.24, 2.45) is 0 Å².